The molecule has 0 fully saturated rings. The summed E-state index contributed by atoms with van der Waals surface area (Å²) in [6.07, 6.45) is 0. The number of carbonyl (C=O) groups is 2. The largest absolute Gasteiger partial charge is 0.467 e. The Morgan fingerprint density at radius 2 is 2.06 bits per heavy atom. The third-order valence-corrected chi connectivity index (χ3v) is 6.21. The van der Waals surface area contributed by atoms with Gasteiger partial charge in [0.2, 0.25) is 0 Å². The smallest absolute Gasteiger partial charge is 0.281 e. The van der Waals surface area contributed by atoms with E-state index < -0.39 is 11.7 Å². The first kappa shape index (κ1) is 23.8. The van der Waals surface area contributed by atoms with Crippen LogP contribution in [-0.4, -0.2) is 29.5 Å². The van der Waals surface area contributed by atoms with Crippen molar-refractivity contribution >= 4 is 34.8 Å². The van der Waals surface area contributed by atoms with Crippen molar-refractivity contribution in [2.45, 2.75) is 26.6 Å². The lowest BCUT2D eigenvalue weighted by molar-refractivity contribution is -0.112. The SMILES string of the molecule is Cc1cc(Cl)cc(CNC(=O)c2ccc3c(c2)N(Cc2cc(F)cc4c2OCOC4)C(=O)/C3=N\O)c1. The fraction of sp³-hybridized carbons (Fsp3) is 0.192. The summed E-state index contributed by atoms with van der Waals surface area (Å²) in [6, 6.07) is 12.8. The van der Waals surface area contributed by atoms with Crippen molar-refractivity contribution < 1.29 is 28.7 Å². The summed E-state index contributed by atoms with van der Waals surface area (Å²) in [5.41, 5.74) is 3.64. The molecular formula is C26H21ClFN3O5. The van der Waals surface area contributed by atoms with Crippen molar-refractivity contribution in [2.24, 2.45) is 5.16 Å². The highest BCUT2D eigenvalue weighted by Gasteiger charge is 2.36. The maximum absolute atomic E-state index is 14.3. The van der Waals surface area contributed by atoms with E-state index in [-0.39, 0.29) is 38.1 Å². The van der Waals surface area contributed by atoms with Gasteiger partial charge in [0.05, 0.1) is 18.8 Å². The third-order valence-electron chi connectivity index (χ3n) is 5.99. The van der Waals surface area contributed by atoms with E-state index in [1.165, 1.54) is 17.0 Å². The maximum Gasteiger partial charge on any atom is 0.281 e. The normalized spacial score (nSPS) is 15.5. The van der Waals surface area contributed by atoms with Gasteiger partial charge in [0.1, 0.15) is 11.6 Å². The summed E-state index contributed by atoms with van der Waals surface area (Å²) in [7, 11) is 0. The van der Waals surface area contributed by atoms with Gasteiger partial charge in [-0.05, 0) is 60.5 Å². The molecule has 2 aliphatic heterocycles. The molecule has 2 aliphatic rings. The molecule has 2 N–H and O–H groups in total. The van der Waals surface area contributed by atoms with Crippen LogP contribution in [0.25, 0.3) is 0 Å². The van der Waals surface area contributed by atoms with Crippen molar-refractivity contribution in [3.05, 3.63) is 92.8 Å². The molecule has 10 heteroatoms. The number of carbonyl (C=O) groups excluding carboxylic acids is 2. The fourth-order valence-corrected chi connectivity index (χ4v) is 4.76. The second-order valence-corrected chi connectivity index (χ2v) is 8.99. The zero-order chi connectivity index (χ0) is 25.4. The zero-order valence-corrected chi connectivity index (χ0v) is 19.9. The molecular weight excluding hydrogens is 489 g/mol. The molecule has 0 spiro atoms. The number of anilines is 1. The zero-order valence-electron chi connectivity index (χ0n) is 19.2. The Morgan fingerprint density at radius 3 is 2.83 bits per heavy atom. The third kappa shape index (κ3) is 4.50. The minimum Gasteiger partial charge on any atom is -0.467 e. The average Bonchev–Trinajstić information content (AvgIpc) is 3.11. The van der Waals surface area contributed by atoms with E-state index in [9.17, 15) is 19.2 Å². The van der Waals surface area contributed by atoms with Gasteiger partial charge in [0, 0.05) is 33.8 Å². The minimum atomic E-state index is -0.579. The molecule has 5 rings (SSSR count). The number of aryl methyl sites for hydroxylation is 1. The van der Waals surface area contributed by atoms with Crippen LogP contribution in [0.2, 0.25) is 5.02 Å². The number of hydrogen-bond acceptors (Lipinski definition) is 6. The summed E-state index contributed by atoms with van der Waals surface area (Å²) >= 11 is 6.10. The highest BCUT2D eigenvalue weighted by molar-refractivity contribution is 6.54. The number of ether oxygens (including phenoxy) is 2. The molecule has 8 nitrogen and oxygen atoms in total. The monoisotopic (exact) mass is 509 g/mol. The summed E-state index contributed by atoms with van der Waals surface area (Å²) in [5, 5.41) is 16.1. The first-order valence-electron chi connectivity index (χ1n) is 11.1. The predicted molar refractivity (Wildman–Crippen MR) is 130 cm³/mol. The number of nitrogens with one attached hydrogen (secondary N) is 1. The van der Waals surface area contributed by atoms with E-state index in [0.29, 0.717) is 38.7 Å². The molecule has 0 aliphatic carbocycles. The Morgan fingerprint density at radius 1 is 1.22 bits per heavy atom. The van der Waals surface area contributed by atoms with Crippen LogP contribution in [0.3, 0.4) is 0 Å². The van der Waals surface area contributed by atoms with Crippen molar-refractivity contribution in [3.8, 4) is 5.75 Å². The Hall–Kier alpha value is -3.95. The van der Waals surface area contributed by atoms with Gasteiger partial charge in [-0.3, -0.25) is 9.59 Å². The molecule has 3 aromatic rings. The molecule has 0 saturated heterocycles. The number of halogens is 2. The Labute approximate surface area is 210 Å². The van der Waals surface area contributed by atoms with Gasteiger partial charge in [-0.1, -0.05) is 22.8 Å². The van der Waals surface area contributed by atoms with E-state index in [2.05, 4.69) is 10.5 Å². The second kappa shape index (κ2) is 9.60. The standard InChI is InChI=1S/C26H21ClFN3O5/c1-14-4-15(6-19(27)5-14)10-29-25(32)16-2-3-21-22(9-16)31(26(33)23(21)30-34)11-17-7-20(28)8-18-12-35-13-36-24(17)18/h2-9,34H,10-13H2,1H3,(H,29,32)/b30-23-. The molecule has 2 amide bonds. The van der Waals surface area contributed by atoms with Crippen LogP contribution in [-0.2, 0) is 29.2 Å². The lowest BCUT2D eigenvalue weighted by Crippen LogP contribution is -2.30. The number of oxime groups is 1. The van der Waals surface area contributed by atoms with E-state index in [0.717, 1.165) is 11.1 Å². The molecule has 0 saturated carbocycles. The molecule has 36 heavy (non-hydrogen) atoms. The predicted octanol–water partition coefficient (Wildman–Crippen LogP) is 4.31. The number of fused-ring (bicyclic) bond motifs is 2. The van der Waals surface area contributed by atoms with Gasteiger partial charge in [-0.25, -0.2) is 4.39 Å². The highest BCUT2D eigenvalue weighted by Crippen LogP contribution is 2.36. The molecule has 0 bridgehead atoms. The van der Waals surface area contributed by atoms with Gasteiger partial charge < -0.3 is 24.9 Å². The van der Waals surface area contributed by atoms with Crippen molar-refractivity contribution in [3.63, 3.8) is 0 Å². The Kier molecular flexibility index (Phi) is 6.34. The molecule has 0 radical (unpaired) electrons. The summed E-state index contributed by atoms with van der Waals surface area (Å²) in [4.78, 5) is 27.3. The molecule has 3 aromatic carbocycles. The fourth-order valence-electron chi connectivity index (χ4n) is 4.45. The lowest BCUT2D eigenvalue weighted by atomic mass is 10.1. The number of amides is 2. The number of benzene rings is 3. The molecule has 2 heterocycles. The van der Waals surface area contributed by atoms with Crippen LogP contribution in [0, 0.1) is 12.7 Å². The van der Waals surface area contributed by atoms with Gasteiger partial charge in [0.15, 0.2) is 12.5 Å². The van der Waals surface area contributed by atoms with Crippen molar-refractivity contribution in [2.75, 3.05) is 11.7 Å². The van der Waals surface area contributed by atoms with Gasteiger partial charge in [-0.2, -0.15) is 0 Å². The topological polar surface area (TPSA) is 100 Å². The van der Waals surface area contributed by atoms with Crippen molar-refractivity contribution in [1.82, 2.24) is 5.32 Å². The van der Waals surface area contributed by atoms with Crippen LogP contribution in [0.5, 0.6) is 5.75 Å². The van der Waals surface area contributed by atoms with Crippen LogP contribution in [0.4, 0.5) is 10.1 Å². The maximum atomic E-state index is 14.3. The number of nitrogens with zero attached hydrogens (tertiary/aromatic N) is 2. The first-order valence-corrected chi connectivity index (χ1v) is 11.5. The van der Waals surface area contributed by atoms with Crippen LogP contribution >= 0.6 is 11.6 Å². The second-order valence-electron chi connectivity index (χ2n) is 8.56. The van der Waals surface area contributed by atoms with Crippen LogP contribution < -0.4 is 15.0 Å². The van der Waals surface area contributed by atoms with E-state index >= 15 is 0 Å². The van der Waals surface area contributed by atoms with Gasteiger partial charge >= 0.3 is 0 Å². The number of rotatable bonds is 5. The van der Waals surface area contributed by atoms with E-state index in [4.69, 9.17) is 21.1 Å². The van der Waals surface area contributed by atoms with Crippen molar-refractivity contribution in [1.29, 1.82) is 0 Å². The van der Waals surface area contributed by atoms with Crippen LogP contribution in [0.1, 0.15) is 38.2 Å². The quantitative estimate of drug-likeness (QED) is 0.394. The van der Waals surface area contributed by atoms with Gasteiger partial charge in [0.25, 0.3) is 11.8 Å². The molecule has 184 valence electrons. The van der Waals surface area contributed by atoms with Gasteiger partial charge in [-0.15, -0.1) is 0 Å². The van der Waals surface area contributed by atoms with E-state index in [1.54, 1.807) is 24.3 Å². The van der Waals surface area contributed by atoms with Crippen LogP contribution in [0.15, 0.2) is 53.7 Å². The lowest BCUT2D eigenvalue weighted by Gasteiger charge is -2.24. The Bertz CT molecular complexity index is 1400. The average molecular weight is 510 g/mol. The van der Waals surface area contributed by atoms with E-state index in [1.807, 2.05) is 19.1 Å². The number of hydrogen-bond donors (Lipinski definition) is 2. The molecule has 0 unspecified atom stereocenters. The Balaban J connectivity index is 1.44. The summed E-state index contributed by atoms with van der Waals surface area (Å²) in [6.45, 7) is 2.31. The summed E-state index contributed by atoms with van der Waals surface area (Å²) < 4.78 is 25.1. The first-order chi connectivity index (χ1) is 17.3. The molecule has 0 aromatic heterocycles. The summed E-state index contributed by atoms with van der Waals surface area (Å²) in [5.74, 6) is -0.993. The molecule has 0 atom stereocenters. The highest BCUT2D eigenvalue weighted by atomic mass is 35.5. The minimum absolute atomic E-state index is 0.00991.